The molecular weight excluding hydrogens is 230 g/mol. The fourth-order valence-electron chi connectivity index (χ4n) is 2.17. The molecule has 1 aliphatic heterocycles. The van der Waals surface area contributed by atoms with Crippen LogP contribution >= 0.6 is 0 Å². The van der Waals surface area contributed by atoms with Gasteiger partial charge in [-0.3, -0.25) is 9.59 Å². The summed E-state index contributed by atoms with van der Waals surface area (Å²) in [6.07, 6.45) is 6.75. The fraction of sp³-hybridized carbons (Fsp3) is 0.462. The number of aromatic nitrogens is 1. The summed E-state index contributed by atoms with van der Waals surface area (Å²) in [6.45, 7) is 1.95. The molecule has 0 spiro atoms. The first-order valence-corrected chi connectivity index (χ1v) is 6.23. The molecule has 5 heteroatoms. The molecule has 0 saturated carbocycles. The number of hydrogen-bond acceptors (Lipinski definition) is 2. The first-order chi connectivity index (χ1) is 8.66. The molecule has 2 rings (SSSR count). The number of carbonyl (C=O) groups excluding carboxylic acids is 2. The maximum Gasteiger partial charge on any atom is 0.288 e. The average molecular weight is 248 g/mol. The number of nitrogens with zero attached hydrogens (tertiary/aromatic N) is 2. The molecule has 0 aromatic carbocycles. The number of amides is 2. The zero-order valence-electron chi connectivity index (χ0n) is 10.3. The Morgan fingerprint density at radius 1 is 1.28 bits per heavy atom. The maximum atomic E-state index is 12.0. The molecule has 5 nitrogen and oxygen atoms in total. The lowest BCUT2D eigenvalue weighted by molar-refractivity contribution is -0.685. The van der Waals surface area contributed by atoms with Gasteiger partial charge in [0.1, 0.15) is 5.56 Å². The van der Waals surface area contributed by atoms with Gasteiger partial charge in [0.2, 0.25) is 6.54 Å². The van der Waals surface area contributed by atoms with Gasteiger partial charge in [0.05, 0.1) is 0 Å². The number of primary amides is 1. The van der Waals surface area contributed by atoms with Crippen LogP contribution in [0.25, 0.3) is 0 Å². The summed E-state index contributed by atoms with van der Waals surface area (Å²) in [4.78, 5) is 25.0. The first-order valence-electron chi connectivity index (χ1n) is 6.23. The van der Waals surface area contributed by atoms with Crippen molar-refractivity contribution >= 4 is 11.8 Å². The van der Waals surface area contributed by atoms with Gasteiger partial charge in [-0.2, -0.15) is 4.57 Å². The van der Waals surface area contributed by atoms with Crippen molar-refractivity contribution in [3.8, 4) is 0 Å². The molecule has 2 amide bonds. The van der Waals surface area contributed by atoms with Crippen molar-refractivity contribution in [3.63, 3.8) is 0 Å². The van der Waals surface area contributed by atoms with E-state index in [4.69, 9.17) is 5.73 Å². The molecule has 0 radical (unpaired) electrons. The Morgan fingerprint density at radius 3 is 2.67 bits per heavy atom. The van der Waals surface area contributed by atoms with Gasteiger partial charge >= 0.3 is 0 Å². The molecule has 1 fully saturated rings. The van der Waals surface area contributed by atoms with E-state index in [1.165, 1.54) is 6.42 Å². The number of rotatable bonds is 3. The summed E-state index contributed by atoms with van der Waals surface area (Å²) in [5, 5.41) is 0. The predicted octanol–water partition coefficient (Wildman–Crippen LogP) is 0.0855. The van der Waals surface area contributed by atoms with Gasteiger partial charge in [-0.15, -0.1) is 0 Å². The number of piperidine rings is 1. The van der Waals surface area contributed by atoms with E-state index >= 15 is 0 Å². The summed E-state index contributed by atoms with van der Waals surface area (Å²) in [7, 11) is 0. The monoisotopic (exact) mass is 248 g/mol. The van der Waals surface area contributed by atoms with Crippen molar-refractivity contribution in [1.29, 1.82) is 0 Å². The molecular formula is C13H18N3O2+. The van der Waals surface area contributed by atoms with Crippen molar-refractivity contribution in [3.05, 3.63) is 30.1 Å². The molecule has 0 atom stereocenters. The third-order valence-electron chi connectivity index (χ3n) is 3.17. The minimum Gasteiger partial charge on any atom is -0.365 e. The van der Waals surface area contributed by atoms with Gasteiger partial charge in [-0.1, -0.05) is 0 Å². The van der Waals surface area contributed by atoms with Crippen LogP contribution in [-0.4, -0.2) is 29.8 Å². The number of pyridine rings is 1. The van der Waals surface area contributed by atoms with E-state index < -0.39 is 5.91 Å². The molecule has 96 valence electrons. The SMILES string of the molecule is NC(=O)c1ccc[n+](CC(=O)N2CCCCC2)c1. The van der Waals surface area contributed by atoms with Gasteiger partial charge in [-0.25, -0.2) is 0 Å². The topological polar surface area (TPSA) is 67.3 Å². The highest BCUT2D eigenvalue weighted by Gasteiger charge is 2.20. The van der Waals surface area contributed by atoms with Crippen LogP contribution in [0, 0.1) is 0 Å². The van der Waals surface area contributed by atoms with E-state index in [1.54, 1.807) is 29.1 Å². The van der Waals surface area contributed by atoms with Crippen LogP contribution in [0.3, 0.4) is 0 Å². The molecule has 0 aliphatic carbocycles. The highest BCUT2D eigenvalue weighted by molar-refractivity contribution is 5.92. The standard InChI is InChI=1S/C13H17N3O2/c14-13(18)11-5-4-6-15(9-11)10-12(17)16-7-2-1-3-8-16/h4-6,9H,1-3,7-8,10H2,(H-,14,18)/p+1. The number of nitrogens with two attached hydrogens (primary N) is 1. The third-order valence-corrected chi connectivity index (χ3v) is 3.17. The zero-order valence-corrected chi connectivity index (χ0v) is 10.3. The first kappa shape index (κ1) is 12.5. The minimum atomic E-state index is -0.477. The number of hydrogen-bond donors (Lipinski definition) is 1. The molecule has 1 aromatic heterocycles. The summed E-state index contributed by atoms with van der Waals surface area (Å²) in [5.74, 6) is -0.379. The zero-order chi connectivity index (χ0) is 13.0. The largest absolute Gasteiger partial charge is 0.365 e. The summed E-state index contributed by atoms with van der Waals surface area (Å²) < 4.78 is 1.71. The Kier molecular flexibility index (Phi) is 3.92. The van der Waals surface area contributed by atoms with E-state index in [1.807, 2.05) is 4.90 Å². The number of likely N-dealkylation sites (tertiary alicyclic amines) is 1. The second-order valence-corrected chi connectivity index (χ2v) is 4.57. The van der Waals surface area contributed by atoms with Crippen molar-refractivity contribution in [2.24, 2.45) is 5.73 Å². The van der Waals surface area contributed by atoms with E-state index in [0.29, 0.717) is 5.56 Å². The van der Waals surface area contributed by atoms with Crippen LogP contribution in [0.1, 0.15) is 29.6 Å². The molecule has 18 heavy (non-hydrogen) atoms. The Labute approximate surface area is 106 Å². The number of carbonyl (C=O) groups is 2. The van der Waals surface area contributed by atoms with Gasteiger partial charge in [0.25, 0.3) is 11.8 Å². The van der Waals surface area contributed by atoms with Crippen molar-refractivity contribution < 1.29 is 14.2 Å². The Balaban J connectivity index is 2.02. The molecule has 0 bridgehead atoms. The van der Waals surface area contributed by atoms with E-state index in [-0.39, 0.29) is 12.5 Å². The maximum absolute atomic E-state index is 12.0. The minimum absolute atomic E-state index is 0.0984. The smallest absolute Gasteiger partial charge is 0.288 e. The van der Waals surface area contributed by atoms with Crippen LogP contribution in [0.15, 0.2) is 24.5 Å². The van der Waals surface area contributed by atoms with Crippen LogP contribution in [0.2, 0.25) is 0 Å². The molecule has 1 aromatic rings. The fourth-order valence-corrected chi connectivity index (χ4v) is 2.17. The molecule has 2 heterocycles. The lowest BCUT2D eigenvalue weighted by Gasteiger charge is -2.25. The van der Waals surface area contributed by atoms with E-state index in [0.717, 1.165) is 25.9 Å². The molecule has 2 N–H and O–H groups in total. The van der Waals surface area contributed by atoms with Crippen molar-refractivity contribution in [2.45, 2.75) is 25.8 Å². The summed E-state index contributed by atoms with van der Waals surface area (Å²) in [5.41, 5.74) is 5.63. The molecule has 0 unspecified atom stereocenters. The van der Waals surface area contributed by atoms with Gasteiger partial charge in [-0.05, 0) is 25.3 Å². The lowest BCUT2D eigenvalue weighted by Crippen LogP contribution is -2.46. The van der Waals surface area contributed by atoms with Crippen LogP contribution in [0.4, 0.5) is 0 Å². The van der Waals surface area contributed by atoms with Crippen molar-refractivity contribution in [2.75, 3.05) is 13.1 Å². The molecule has 1 aliphatic rings. The van der Waals surface area contributed by atoms with Gasteiger partial charge < -0.3 is 10.6 Å². The Hall–Kier alpha value is -1.91. The third kappa shape index (κ3) is 3.06. The van der Waals surface area contributed by atoms with Crippen LogP contribution in [0.5, 0.6) is 0 Å². The lowest BCUT2D eigenvalue weighted by atomic mass is 10.1. The molecule has 1 saturated heterocycles. The predicted molar refractivity (Wildman–Crippen MR) is 65.6 cm³/mol. The highest BCUT2D eigenvalue weighted by Crippen LogP contribution is 2.08. The van der Waals surface area contributed by atoms with E-state index in [9.17, 15) is 9.59 Å². The van der Waals surface area contributed by atoms with Crippen molar-refractivity contribution in [1.82, 2.24) is 4.90 Å². The van der Waals surface area contributed by atoms with Crippen LogP contribution < -0.4 is 10.3 Å². The Morgan fingerprint density at radius 2 is 2.00 bits per heavy atom. The second kappa shape index (κ2) is 5.62. The average Bonchev–Trinajstić information content (AvgIpc) is 2.40. The highest BCUT2D eigenvalue weighted by atomic mass is 16.2. The quantitative estimate of drug-likeness (QED) is 0.770. The second-order valence-electron chi connectivity index (χ2n) is 4.57. The van der Waals surface area contributed by atoms with E-state index in [2.05, 4.69) is 0 Å². The summed E-state index contributed by atoms with van der Waals surface area (Å²) in [6, 6.07) is 3.37. The normalized spacial score (nSPS) is 15.4. The summed E-state index contributed by atoms with van der Waals surface area (Å²) >= 11 is 0. The van der Waals surface area contributed by atoms with Gasteiger partial charge in [0, 0.05) is 19.2 Å². The van der Waals surface area contributed by atoms with Crippen LogP contribution in [-0.2, 0) is 11.3 Å². The van der Waals surface area contributed by atoms with Gasteiger partial charge in [0.15, 0.2) is 12.4 Å². The Bertz CT molecular complexity index is 453.